The van der Waals surface area contributed by atoms with Gasteiger partial charge in [0.05, 0.1) is 16.8 Å². The van der Waals surface area contributed by atoms with Crippen LogP contribution in [0.5, 0.6) is 0 Å². The maximum absolute atomic E-state index is 13.7. The van der Waals surface area contributed by atoms with Crippen molar-refractivity contribution < 1.29 is 9.18 Å². The zero-order valence-corrected chi connectivity index (χ0v) is 14.9. The van der Waals surface area contributed by atoms with Gasteiger partial charge >= 0.3 is 0 Å². The first kappa shape index (κ1) is 17.6. The zero-order chi connectivity index (χ0) is 18.0. The lowest BCUT2D eigenvalue weighted by molar-refractivity contribution is -0.118. The van der Waals surface area contributed by atoms with Crippen LogP contribution in [-0.4, -0.2) is 21.2 Å². The number of benzene rings is 1. The van der Waals surface area contributed by atoms with Crippen LogP contribution in [0.2, 0.25) is 0 Å². The summed E-state index contributed by atoms with van der Waals surface area (Å²) in [6.45, 7) is 1.96. The number of fused-ring (bicyclic) bond motifs is 1. The summed E-state index contributed by atoms with van der Waals surface area (Å²) in [5.41, 5.74) is 3.03. The minimum Gasteiger partial charge on any atom is -0.294 e. The molecule has 1 aromatic carbocycles. The highest BCUT2D eigenvalue weighted by molar-refractivity contribution is 7.99. The normalized spacial score (nSPS) is 11.0. The van der Waals surface area contributed by atoms with Crippen molar-refractivity contribution in [3.05, 3.63) is 51.4 Å². The zero-order valence-electron chi connectivity index (χ0n) is 13.3. The van der Waals surface area contributed by atoms with Crippen molar-refractivity contribution >= 4 is 39.2 Å². The standard InChI is InChI=1S/C16H15FN4O2S2/c1-2-9-7-24-14-13(9)15(23)21(11-5-3-4-10(17)6-11)16(19-14)25-8-12(22)20-18/h3-7H,2,8,18H2,1H3,(H,20,22). The number of aryl methyl sites for hydroxylation is 1. The summed E-state index contributed by atoms with van der Waals surface area (Å²) >= 11 is 2.45. The van der Waals surface area contributed by atoms with E-state index in [9.17, 15) is 14.0 Å². The van der Waals surface area contributed by atoms with Gasteiger partial charge in [0.1, 0.15) is 10.6 Å². The molecule has 0 aliphatic rings. The van der Waals surface area contributed by atoms with E-state index in [0.29, 0.717) is 27.5 Å². The first-order valence-corrected chi connectivity index (χ1v) is 9.33. The SMILES string of the molecule is CCc1csc2nc(SCC(=O)NN)n(-c3cccc(F)c3)c(=O)c12. The molecule has 2 aromatic heterocycles. The number of nitrogens with two attached hydrogens (primary N) is 1. The molecule has 0 aliphatic carbocycles. The van der Waals surface area contributed by atoms with Gasteiger partial charge in [-0.3, -0.25) is 19.6 Å². The molecule has 130 valence electrons. The van der Waals surface area contributed by atoms with Gasteiger partial charge in [-0.2, -0.15) is 0 Å². The van der Waals surface area contributed by atoms with E-state index in [-0.39, 0.29) is 11.3 Å². The van der Waals surface area contributed by atoms with Crippen molar-refractivity contribution in [1.82, 2.24) is 15.0 Å². The molecular weight excluding hydrogens is 363 g/mol. The Balaban J connectivity index is 2.23. The van der Waals surface area contributed by atoms with Gasteiger partial charge in [0.2, 0.25) is 5.91 Å². The van der Waals surface area contributed by atoms with Gasteiger partial charge < -0.3 is 0 Å². The first-order chi connectivity index (χ1) is 12.0. The molecule has 9 heteroatoms. The lowest BCUT2D eigenvalue weighted by Crippen LogP contribution is -2.32. The molecule has 0 fully saturated rings. The molecule has 2 heterocycles. The van der Waals surface area contributed by atoms with Crippen molar-refractivity contribution in [3.8, 4) is 5.69 Å². The molecule has 0 saturated heterocycles. The quantitative estimate of drug-likeness (QED) is 0.234. The van der Waals surface area contributed by atoms with Crippen LogP contribution < -0.4 is 16.8 Å². The molecule has 0 saturated carbocycles. The number of hydrogen-bond acceptors (Lipinski definition) is 6. The number of carbonyl (C=O) groups is 1. The van der Waals surface area contributed by atoms with E-state index in [1.807, 2.05) is 17.7 Å². The summed E-state index contributed by atoms with van der Waals surface area (Å²) in [7, 11) is 0. The van der Waals surface area contributed by atoms with Crippen LogP contribution in [0.15, 0.2) is 39.6 Å². The topological polar surface area (TPSA) is 90.0 Å². The molecule has 3 N–H and O–H groups in total. The van der Waals surface area contributed by atoms with Crippen LogP contribution in [0, 0.1) is 5.82 Å². The largest absolute Gasteiger partial charge is 0.294 e. The molecule has 0 aliphatic heterocycles. The average molecular weight is 378 g/mol. The first-order valence-electron chi connectivity index (χ1n) is 7.46. The maximum atomic E-state index is 13.7. The number of carbonyl (C=O) groups excluding carboxylic acids is 1. The number of thioether (sulfide) groups is 1. The molecule has 0 unspecified atom stereocenters. The van der Waals surface area contributed by atoms with Crippen molar-refractivity contribution in [2.75, 3.05) is 5.75 Å². The van der Waals surface area contributed by atoms with Crippen LogP contribution >= 0.6 is 23.1 Å². The molecule has 0 atom stereocenters. The van der Waals surface area contributed by atoms with Gasteiger partial charge in [-0.15, -0.1) is 11.3 Å². The van der Waals surface area contributed by atoms with E-state index in [1.165, 1.54) is 34.1 Å². The van der Waals surface area contributed by atoms with E-state index < -0.39 is 11.7 Å². The predicted molar refractivity (Wildman–Crippen MR) is 97.6 cm³/mol. The highest BCUT2D eigenvalue weighted by Crippen LogP contribution is 2.27. The second kappa shape index (κ2) is 7.34. The van der Waals surface area contributed by atoms with Crippen LogP contribution in [-0.2, 0) is 11.2 Å². The number of amides is 1. The Hall–Kier alpha value is -2.23. The van der Waals surface area contributed by atoms with Gasteiger partial charge in [-0.25, -0.2) is 15.2 Å². The number of rotatable bonds is 5. The average Bonchev–Trinajstić information content (AvgIpc) is 3.03. The third-order valence-corrected chi connectivity index (χ3v) is 5.45. The number of thiophene rings is 1. The Kier molecular flexibility index (Phi) is 5.16. The molecule has 3 rings (SSSR count). The van der Waals surface area contributed by atoms with Gasteiger partial charge in [-0.05, 0) is 35.6 Å². The molecule has 0 spiro atoms. The van der Waals surface area contributed by atoms with E-state index in [2.05, 4.69) is 4.98 Å². The number of hydrazine groups is 1. The third-order valence-electron chi connectivity index (χ3n) is 3.59. The Bertz CT molecular complexity index is 999. The van der Waals surface area contributed by atoms with Crippen molar-refractivity contribution in [3.63, 3.8) is 0 Å². The minimum absolute atomic E-state index is 0.00419. The number of nitrogens with one attached hydrogen (secondary N) is 1. The monoisotopic (exact) mass is 378 g/mol. The lowest BCUT2D eigenvalue weighted by Gasteiger charge is -2.12. The Morgan fingerprint density at radius 3 is 2.96 bits per heavy atom. The summed E-state index contributed by atoms with van der Waals surface area (Å²) in [5, 5.41) is 2.75. The van der Waals surface area contributed by atoms with E-state index >= 15 is 0 Å². The molecule has 0 radical (unpaired) electrons. The van der Waals surface area contributed by atoms with Crippen LogP contribution in [0.25, 0.3) is 15.9 Å². The maximum Gasteiger partial charge on any atom is 0.267 e. The fourth-order valence-corrected chi connectivity index (χ4v) is 4.29. The van der Waals surface area contributed by atoms with E-state index in [4.69, 9.17) is 5.84 Å². The summed E-state index contributed by atoms with van der Waals surface area (Å²) in [6, 6.07) is 5.72. The van der Waals surface area contributed by atoms with Gasteiger partial charge in [0, 0.05) is 0 Å². The fourth-order valence-electron chi connectivity index (χ4n) is 2.40. The van der Waals surface area contributed by atoms with Gasteiger partial charge in [0.15, 0.2) is 5.16 Å². The number of hydrogen-bond donors (Lipinski definition) is 2. The summed E-state index contributed by atoms with van der Waals surface area (Å²) in [6.07, 6.45) is 0.697. The van der Waals surface area contributed by atoms with Crippen molar-refractivity contribution in [1.29, 1.82) is 0 Å². The van der Waals surface area contributed by atoms with Crippen molar-refractivity contribution in [2.45, 2.75) is 18.5 Å². The predicted octanol–water partition coefficient (Wildman–Crippen LogP) is 2.23. The molecule has 1 amide bonds. The Morgan fingerprint density at radius 2 is 2.28 bits per heavy atom. The molecule has 3 aromatic rings. The van der Waals surface area contributed by atoms with Crippen LogP contribution in [0.1, 0.15) is 12.5 Å². The second-order valence-electron chi connectivity index (χ2n) is 5.17. The van der Waals surface area contributed by atoms with Crippen LogP contribution in [0.3, 0.4) is 0 Å². The number of nitrogens with zero attached hydrogens (tertiary/aromatic N) is 2. The van der Waals surface area contributed by atoms with E-state index in [0.717, 1.165) is 17.3 Å². The number of aromatic nitrogens is 2. The molecule has 6 nitrogen and oxygen atoms in total. The summed E-state index contributed by atoms with van der Waals surface area (Å²) in [5.74, 6) is 4.24. The summed E-state index contributed by atoms with van der Waals surface area (Å²) in [4.78, 5) is 29.7. The lowest BCUT2D eigenvalue weighted by atomic mass is 10.2. The fraction of sp³-hybridized carbons (Fsp3) is 0.188. The highest BCUT2D eigenvalue weighted by atomic mass is 32.2. The van der Waals surface area contributed by atoms with Crippen LogP contribution in [0.4, 0.5) is 4.39 Å². The Morgan fingerprint density at radius 1 is 1.48 bits per heavy atom. The van der Waals surface area contributed by atoms with E-state index in [1.54, 1.807) is 6.07 Å². The number of halogens is 1. The molecule has 25 heavy (non-hydrogen) atoms. The smallest absolute Gasteiger partial charge is 0.267 e. The van der Waals surface area contributed by atoms with Gasteiger partial charge in [-0.1, -0.05) is 24.8 Å². The Labute approximate surface area is 150 Å². The molecular formula is C16H15FN4O2S2. The minimum atomic E-state index is -0.457. The molecule has 0 bridgehead atoms. The van der Waals surface area contributed by atoms with Crippen molar-refractivity contribution in [2.24, 2.45) is 5.84 Å². The third kappa shape index (κ3) is 3.44. The highest BCUT2D eigenvalue weighted by Gasteiger charge is 2.18. The van der Waals surface area contributed by atoms with Gasteiger partial charge in [0.25, 0.3) is 5.56 Å². The second-order valence-corrected chi connectivity index (χ2v) is 6.97. The summed E-state index contributed by atoms with van der Waals surface area (Å²) < 4.78 is 15.0.